The van der Waals surface area contributed by atoms with Crippen molar-refractivity contribution in [2.24, 2.45) is 0 Å². The van der Waals surface area contributed by atoms with E-state index in [1.807, 2.05) is 21.0 Å². The largest absolute Gasteiger partial charge is 0.379 e. The predicted molar refractivity (Wildman–Crippen MR) is 51.4 cm³/mol. The van der Waals surface area contributed by atoms with Crippen molar-refractivity contribution in [1.29, 1.82) is 0 Å². The lowest BCUT2D eigenvalue weighted by molar-refractivity contribution is 0.480. The highest BCUT2D eigenvalue weighted by atomic mass is 19.1. The summed E-state index contributed by atoms with van der Waals surface area (Å²) in [4.78, 5) is 1.73. The Morgan fingerprint density at radius 2 is 1.75 bits per heavy atom. The molecule has 0 amide bonds. The van der Waals surface area contributed by atoms with Gasteiger partial charge in [0.25, 0.3) is 0 Å². The van der Waals surface area contributed by atoms with Crippen LogP contribution in [0, 0.1) is 0 Å². The van der Waals surface area contributed by atoms with Crippen LogP contribution >= 0.6 is 0 Å². The van der Waals surface area contributed by atoms with Crippen LogP contribution in [-0.4, -0.2) is 19.0 Å². The van der Waals surface area contributed by atoms with Crippen LogP contribution in [0.2, 0.25) is 0 Å². The summed E-state index contributed by atoms with van der Waals surface area (Å²) in [5.41, 5.74) is 1.46. The highest BCUT2D eigenvalue weighted by Gasteiger charge is 1.98. The van der Waals surface area contributed by atoms with E-state index in [9.17, 15) is 4.39 Å². The second kappa shape index (κ2) is 4.75. The van der Waals surface area contributed by atoms with Crippen molar-refractivity contribution in [2.75, 3.05) is 14.1 Å². The first-order valence-electron chi connectivity index (χ1n) is 3.82. The molecule has 0 aliphatic rings. The molecular formula is C10H16FN. The predicted octanol–water partition coefficient (Wildman–Crippen LogP) is 2.88. The lowest BCUT2D eigenvalue weighted by Gasteiger charge is -2.12. The van der Waals surface area contributed by atoms with E-state index in [2.05, 4.69) is 6.58 Å². The van der Waals surface area contributed by atoms with Crippen LogP contribution in [-0.2, 0) is 0 Å². The zero-order valence-electron chi connectivity index (χ0n) is 8.19. The van der Waals surface area contributed by atoms with E-state index in [4.69, 9.17) is 0 Å². The summed E-state index contributed by atoms with van der Waals surface area (Å²) in [7, 11) is 3.62. The molecule has 12 heavy (non-hydrogen) atoms. The standard InChI is InChI=1S/C10H16FN/c1-8(2)6-7-10(11)9(3)12(4)5/h6-7H,1H2,2-5H3/b7-6-,10-9-. The van der Waals surface area contributed by atoms with Gasteiger partial charge in [0.2, 0.25) is 0 Å². The Kier molecular flexibility index (Phi) is 4.34. The molecule has 2 heteroatoms. The third-order valence-corrected chi connectivity index (χ3v) is 1.53. The Morgan fingerprint density at radius 3 is 2.08 bits per heavy atom. The fourth-order valence-electron chi connectivity index (χ4n) is 0.550. The third-order valence-electron chi connectivity index (χ3n) is 1.53. The van der Waals surface area contributed by atoms with Gasteiger partial charge in [-0.05, 0) is 19.9 Å². The van der Waals surface area contributed by atoms with E-state index >= 15 is 0 Å². The number of halogens is 1. The van der Waals surface area contributed by atoms with Crippen LogP contribution in [0.25, 0.3) is 0 Å². The SMILES string of the molecule is C=C(C)/C=C\C(F)=C(/C)N(C)C. The van der Waals surface area contributed by atoms with Gasteiger partial charge in [-0.15, -0.1) is 0 Å². The Labute approximate surface area is 73.9 Å². The minimum atomic E-state index is -0.219. The van der Waals surface area contributed by atoms with Crippen LogP contribution in [0.1, 0.15) is 13.8 Å². The van der Waals surface area contributed by atoms with Gasteiger partial charge in [0.1, 0.15) is 5.83 Å². The summed E-state index contributed by atoms with van der Waals surface area (Å²) >= 11 is 0. The summed E-state index contributed by atoms with van der Waals surface area (Å²) in [6, 6.07) is 0. The van der Waals surface area contributed by atoms with E-state index in [-0.39, 0.29) is 5.83 Å². The van der Waals surface area contributed by atoms with Crippen LogP contribution < -0.4 is 0 Å². The molecule has 0 atom stereocenters. The number of nitrogens with zero attached hydrogens (tertiary/aromatic N) is 1. The van der Waals surface area contributed by atoms with E-state index < -0.39 is 0 Å². The highest BCUT2D eigenvalue weighted by Crippen LogP contribution is 2.09. The molecule has 0 unspecified atom stereocenters. The maximum absolute atomic E-state index is 13.1. The third kappa shape index (κ3) is 3.96. The molecule has 0 aliphatic carbocycles. The van der Waals surface area contributed by atoms with E-state index in [0.717, 1.165) is 5.57 Å². The molecule has 0 aromatic carbocycles. The molecule has 68 valence electrons. The smallest absolute Gasteiger partial charge is 0.141 e. The van der Waals surface area contributed by atoms with Gasteiger partial charge in [-0.2, -0.15) is 0 Å². The average molecular weight is 169 g/mol. The van der Waals surface area contributed by atoms with Crippen molar-refractivity contribution >= 4 is 0 Å². The maximum atomic E-state index is 13.1. The lowest BCUT2D eigenvalue weighted by atomic mass is 10.3. The first-order chi connectivity index (χ1) is 5.45. The first kappa shape index (κ1) is 11.0. The topological polar surface area (TPSA) is 3.24 Å². The molecule has 1 nitrogen and oxygen atoms in total. The van der Waals surface area contributed by atoms with Gasteiger partial charge in [-0.3, -0.25) is 0 Å². The number of rotatable bonds is 3. The van der Waals surface area contributed by atoms with Gasteiger partial charge in [0, 0.05) is 19.8 Å². The van der Waals surface area contributed by atoms with Crippen molar-refractivity contribution in [2.45, 2.75) is 13.8 Å². The second-order valence-corrected chi connectivity index (χ2v) is 3.01. The van der Waals surface area contributed by atoms with Crippen LogP contribution in [0.15, 0.2) is 35.8 Å². The van der Waals surface area contributed by atoms with Gasteiger partial charge in [-0.1, -0.05) is 18.2 Å². The van der Waals surface area contributed by atoms with E-state index in [1.165, 1.54) is 6.08 Å². The molecular weight excluding hydrogens is 153 g/mol. The van der Waals surface area contributed by atoms with Crippen molar-refractivity contribution in [3.63, 3.8) is 0 Å². The van der Waals surface area contributed by atoms with Gasteiger partial charge >= 0.3 is 0 Å². The fraction of sp³-hybridized carbons (Fsp3) is 0.400. The van der Waals surface area contributed by atoms with Crippen LogP contribution in [0.5, 0.6) is 0 Å². The number of allylic oxidation sites excluding steroid dienone is 5. The molecule has 0 aliphatic heterocycles. The first-order valence-corrected chi connectivity index (χ1v) is 3.82. The Morgan fingerprint density at radius 1 is 1.25 bits per heavy atom. The summed E-state index contributed by atoms with van der Waals surface area (Å²) in [6.45, 7) is 7.20. The summed E-state index contributed by atoms with van der Waals surface area (Å²) < 4.78 is 13.1. The zero-order chi connectivity index (χ0) is 9.72. The molecule has 0 spiro atoms. The number of hydrogen-bond donors (Lipinski definition) is 0. The van der Waals surface area contributed by atoms with Crippen molar-refractivity contribution < 1.29 is 4.39 Å². The minimum absolute atomic E-state index is 0.219. The normalized spacial score (nSPS) is 13.1. The quantitative estimate of drug-likeness (QED) is 0.587. The molecule has 0 saturated heterocycles. The average Bonchev–Trinajstić information content (AvgIpc) is 1.98. The van der Waals surface area contributed by atoms with Gasteiger partial charge in [-0.25, -0.2) is 4.39 Å². The van der Waals surface area contributed by atoms with Gasteiger partial charge in [0.15, 0.2) is 0 Å². The van der Waals surface area contributed by atoms with Crippen LogP contribution in [0.4, 0.5) is 4.39 Å². The molecule has 0 saturated carbocycles. The van der Waals surface area contributed by atoms with E-state index in [0.29, 0.717) is 5.70 Å². The molecule has 0 bridgehead atoms. The highest BCUT2D eigenvalue weighted by molar-refractivity contribution is 5.23. The second-order valence-electron chi connectivity index (χ2n) is 3.01. The molecule has 0 aromatic heterocycles. The maximum Gasteiger partial charge on any atom is 0.141 e. The van der Waals surface area contributed by atoms with Gasteiger partial charge < -0.3 is 4.90 Å². The number of hydrogen-bond acceptors (Lipinski definition) is 1. The van der Waals surface area contributed by atoms with Crippen molar-refractivity contribution in [1.82, 2.24) is 4.90 Å². The van der Waals surface area contributed by atoms with Crippen molar-refractivity contribution in [3.8, 4) is 0 Å². The minimum Gasteiger partial charge on any atom is -0.379 e. The monoisotopic (exact) mass is 169 g/mol. The Hall–Kier alpha value is -1.05. The summed E-state index contributed by atoms with van der Waals surface area (Å²) in [5.74, 6) is -0.219. The molecule has 0 radical (unpaired) electrons. The zero-order valence-corrected chi connectivity index (χ0v) is 8.19. The van der Waals surface area contributed by atoms with Crippen LogP contribution in [0.3, 0.4) is 0 Å². The van der Waals surface area contributed by atoms with Gasteiger partial charge in [0.05, 0.1) is 0 Å². The van der Waals surface area contributed by atoms with E-state index in [1.54, 1.807) is 17.9 Å². The Balaban J connectivity index is 4.47. The molecule has 0 rings (SSSR count). The summed E-state index contributed by atoms with van der Waals surface area (Å²) in [6.07, 6.45) is 3.08. The fourth-order valence-corrected chi connectivity index (χ4v) is 0.550. The molecule has 0 N–H and O–H groups in total. The molecule has 0 aromatic rings. The molecule has 0 heterocycles. The molecule has 0 fully saturated rings. The summed E-state index contributed by atoms with van der Waals surface area (Å²) in [5, 5.41) is 0. The Bertz CT molecular complexity index is 224. The lowest BCUT2D eigenvalue weighted by Crippen LogP contribution is -2.09. The van der Waals surface area contributed by atoms with Crippen molar-refractivity contribution in [3.05, 3.63) is 35.8 Å².